The molecule has 0 aromatic carbocycles. The Morgan fingerprint density at radius 3 is 2.57 bits per heavy atom. The molecule has 120 valence electrons. The van der Waals surface area contributed by atoms with E-state index in [2.05, 4.69) is 6.92 Å². The number of amides is 2. The molecule has 2 aliphatic heterocycles. The molecule has 0 saturated carbocycles. The van der Waals surface area contributed by atoms with Crippen molar-refractivity contribution in [2.75, 3.05) is 19.6 Å². The Bertz CT molecular complexity index is 373. The number of likely N-dealkylation sites (tertiary alicyclic amines) is 2. The first-order chi connectivity index (χ1) is 10.1. The van der Waals surface area contributed by atoms with Crippen LogP contribution < -0.4 is 0 Å². The van der Waals surface area contributed by atoms with Crippen molar-refractivity contribution in [3.05, 3.63) is 0 Å². The van der Waals surface area contributed by atoms with Crippen LogP contribution in [0.1, 0.15) is 58.3 Å². The van der Waals surface area contributed by atoms with Crippen LogP contribution in [0.3, 0.4) is 0 Å². The number of piperidine rings is 1. The number of rotatable bonds is 3. The maximum atomic E-state index is 12.8. The van der Waals surface area contributed by atoms with Crippen molar-refractivity contribution in [3.63, 3.8) is 0 Å². The molecule has 2 unspecified atom stereocenters. The van der Waals surface area contributed by atoms with Crippen LogP contribution in [0.15, 0.2) is 0 Å². The van der Waals surface area contributed by atoms with E-state index in [9.17, 15) is 9.59 Å². The van der Waals surface area contributed by atoms with Gasteiger partial charge in [0.25, 0.3) is 0 Å². The molecule has 2 rings (SSSR count). The fourth-order valence-electron chi connectivity index (χ4n) is 3.61. The minimum atomic E-state index is -0.804. The van der Waals surface area contributed by atoms with Crippen LogP contribution in [-0.4, -0.2) is 52.6 Å². The molecule has 2 heterocycles. The molecule has 2 atom stereocenters. The Morgan fingerprint density at radius 2 is 1.86 bits per heavy atom. The van der Waals surface area contributed by atoms with Gasteiger partial charge in [0.1, 0.15) is 0 Å². The second-order valence-electron chi connectivity index (χ2n) is 6.42. The van der Waals surface area contributed by atoms with E-state index in [1.807, 2.05) is 9.80 Å². The molecule has 5 heteroatoms. The molecule has 21 heavy (non-hydrogen) atoms. The van der Waals surface area contributed by atoms with E-state index in [0.717, 1.165) is 51.1 Å². The number of hydrogen-bond acceptors (Lipinski definition) is 2. The maximum Gasteiger partial charge on any atom is 0.320 e. The fraction of sp³-hybridized carbons (Fsp3) is 0.875. The summed E-state index contributed by atoms with van der Waals surface area (Å²) < 4.78 is 0. The molecular formula is C16H28N2O3. The number of hydrogen-bond donors (Lipinski definition) is 1. The third-order valence-corrected chi connectivity index (χ3v) is 4.98. The summed E-state index contributed by atoms with van der Waals surface area (Å²) in [6.07, 6.45) is 7.47. The topological polar surface area (TPSA) is 60.9 Å². The first-order valence-electron chi connectivity index (χ1n) is 8.39. The van der Waals surface area contributed by atoms with Crippen LogP contribution in [0.25, 0.3) is 0 Å². The van der Waals surface area contributed by atoms with Gasteiger partial charge in [-0.25, -0.2) is 4.79 Å². The smallest absolute Gasteiger partial charge is 0.320 e. The van der Waals surface area contributed by atoms with E-state index in [0.29, 0.717) is 6.54 Å². The van der Waals surface area contributed by atoms with Gasteiger partial charge in [0, 0.05) is 25.7 Å². The predicted molar refractivity (Wildman–Crippen MR) is 81.2 cm³/mol. The molecule has 2 aliphatic rings. The van der Waals surface area contributed by atoms with Crippen LogP contribution in [0.4, 0.5) is 4.79 Å². The molecule has 5 nitrogen and oxygen atoms in total. The van der Waals surface area contributed by atoms with Gasteiger partial charge in [-0.3, -0.25) is 4.79 Å². The summed E-state index contributed by atoms with van der Waals surface area (Å²) in [5.74, 6) is -0.0689. The summed E-state index contributed by atoms with van der Waals surface area (Å²) in [6.45, 7) is 4.58. The number of carbonyl (C=O) groups excluding carboxylic acids is 1. The maximum absolute atomic E-state index is 12.8. The van der Waals surface area contributed by atoms with Crippen molar-refractivity contribution in [3.8, 4) is 0 Å². The highest BCUT2D eigenvalue weighted by molar-refractivity contribution is 5.76. The van der Waals surface area contributed by atoms with E-state index in [-0.39, 0.29) is 18.5 Å². The molecule has 0 spiro atoms. The van der Waals surface area contributed by atoms with E-state index in [4.69, 9.17) is 5.11 Å². The van der Waals surface area contributed by atoms with Crippen molar-refractivity contribution in [1.82, 2.24) is 9.80 Å². The summed E-state index contributed by atoms with van der Waals surface area (Å²) in [6, 6.07) is -0.0494. The quantitative estimate of drug-likeness (QED) is 0.871. The van der Waals surface area contributed by atoms with E-state index in [1.165, 1.54) is 12.8 Å². The zero-order valence-electron chi connectivity index (χ0n) is 13.1. The number of carboxylic acid groups (broad SMARTS) is 1. The van der Waals surface area contributed by atoms with Crippen LogP contribution in [0.5, 0.6) is 0 Å². The zero-order chi connectivity index (χ0) is 15.2. The first kappa shape index (κ1) is 16.1. The average Bonchev–Trinajstić information content (AvgIpc) is 2.72. The number of aliphatic carboxylic acids is 1. The molecule has 0 aliphatic carbocycles. The van der Waals surface area contributed by atoms with Gasteiger partial charge in [-0.2, -0.15) is 0 Å². The Labute approximate surface area is 127 Å². The molecule has 2 saturated heterocycles. The van der Waals surface area contributed by atoms with Gasteiger partial charge in [0.15, 0.2) is 0 Å². The summed E-state index contributed by atoms with van der Waals surface area (Å²) in [5.41, 5.74) is 0. The summed E-state index contributed by atoms with van der Waals surface area (Å²) in [7, 11) is 0. The van der Waals surface area contributed by atoms with Crippen molar-refractivity contribution in [2.24, 2.45) is 5.92 Å². The fourth-order valence-corrected chi connectivity index (χ4v) is 3.61. The van der Waals surface area contributed by atoms with E-state index >= 15 is 0 Å². The summed E-state index contributed by atoms with van der Waals surface area (Å²) in [5, 5.41) is 9.04. The van der Waals surface area contributed by atoms with Gasteiger partial charge in [-0.15, -0.1) is 0 Å². The Balaban J connectivity index is 1.97. The normalized spacial score (nSPS) is 27.3. The van der Waals surface area contributed by atoms with Crippen LogP contribution in [0, 0.1) is 5.92 Å². The molecule has 0 aromatic rings. The monoisotopic (exact) mass is 296 g/mol. The number of carboxylic acids is 1. The van der Waals surface area contributed by atoms with Crippen LogP contribution >= 0.6 is 0 Å². The van der Waals surface area contributed by atoms with Gasteiger partial charge in [-0.05, 0) is 44.4 Å². The van der Waals surface area contributed by atoms with Crippen molar-refractivity contribution in [1.29, 1.82) is 0 Å². The minimum Gasteiger partial charge on any atom is -0.481 e. The Kier molecular flexibility index (Phi) is 5.88. The van der Waals surface area contributed by atoms with Gasteiger partial charge in [-0.1, -0.05) is 13.3 Å². The second-order valence-corrected chi connectivity index (χ2v) is 6.42. The van der Waals surface area contributed by atoms with E-state index < -0.39 is 5.97 Å². The van der Waals surface area contributed by atoms with Crippen molar-refractivity contribution >= 4 is 12.0 Å². The van der Waals surface area contributed by atoms with E-state index in [1.54, 1.807) is 0 Å². The third kappa shape index (κ3) is 4.35. The number of urea groups is 1. The molecule has 1 N–H and O–H groups in total. The predicted octanol–water partition coefficient (Wildman–Crippen LogP) is 2.95. The molecule has 0 radical (unpaired) electrons. The Hall–Kier alpha value is -1.26. The van der Waals surface area contributed by atoms with Gasteiger partial charge in [0.2, 0.25) is 0 Å². The molecule has 0 bridgehead atoms. The highest BCUT2D eigenvalue weighted by atomic mass is 16.4. The summed E-state index contributed by atoms with van der Waals surface area (Å²) in [4.78, 5) is 27.5. The lowest BCUT2D eigenvalue weighted by Crippen LogP contribution is -2.51. The van der Waals surface area contributed by atoms with Gasteiger partial charge in [0.05, 0.1) is 6.42 Å². The SMILES string of the molecule is CCC1CCCN(C(=O)N2CCCCC2CC(=O)O)CC1. The zero-order valence-corrected chi connectivity index (χ0v) is 13.1. The number of carbonyl (C=O) groups is 2. The highest BCUT2D eigenvalue weighted by Crippen LogP contribution is 2.24. The van der Waals surface area contributed by atoms with Crippen molar-refractivity contribution in [2.45, 2.75) is 64.3 Å². The van der Waals surface area contributed by atoms with Gasteiger partial charge >= 0.3 is 12.0 Å². The molecule has 2 fully saturated rings. The minimum absolute atomic E-state index is 0.0673. The van der Waals surface area contributed by atoms with Crippen molar-refractivity contribution < 1.29 is 14.7 Å². The lowest BCUT2D eigenvalue weighted by atomic mass is 9.98. The lowest BCUT2D eigenvalue weighted by molar-refractivity contribution is -0.138. The second kappa shape index (κ2) is 7.66. The standard InChI is InChI=1S/C16H28N2O3/c1-2-13-6-5-9-17(11-8-13)16(21)18-10-4-3-7-14(18)12-15(19)20/h13-14H,2-12H2,1H3,(H,19,20). The lowest BCUT2D eigenvalue weighted by Gasteiger charge is -2.38. The molecular weight excluding hydrogens is 268 g/mol. The highest BCUT2D eigenvalue weighted by Gasteiger charge is 2.32. The first-order valence-corrected chi connectivity index (χ1v) is 8.39. The summed E-state index contributed by atoms with van der Waals surface area (Å²) >= 11 is 0. The largest absolute Gasteiger partial charge is 0.481 e. The van der Waals surface area contributed by atoms with Gasteiger partial charge < -0.3 is 14.9 Å². The number of nitrogens with zero attached hydrogens (tertiary/aromatic N) is 2. The molecule has 2 amide bonds. The van der Waals surface area contributed by atoms with Crippen LogP contribution in [0.2, 0.25) is 0 Å². The molecule has 0 aromatic heterocycles. The van der Waals surface area contributed by atoms with Crippen LogP contribution in [-0.2, 0) is 4.79 Å². The third-order valence-electron chi connectivity index (χ3n) is 4.98. The average molecular weight is 296 g/mol. The Morgan fingerprint density at radius 1 is 1.05 bits per heavy atom.